The van der Waals surface area contributed by atoms with Crippen LogP contribution in [0.1, 0.15) is 24.0 Å². The molecule has 2 aromatic rings. The Labute approximate surface area is 244 Å². The number of alkyl halides is 3. The van der Waals surface area contributed by atoms with E-state index in [1.165, 1.54) is 24.1 Å². The number of nitrogens with zero attached hydrogens (tertiary/aromatic N) is 2. The Morgan fingerprint density at radius 2 is 1.74 bits per heavy atom. The molecule has 3 rings (SSSR count). The lowest BCUT2D eigenvalue weighted by Gasteiger charge is -2.45. The molecule has 0 spiro atoms. The normalized spacial score (nSPS) is 17.3. The van der Waals surface area contributed by atoms with Crippen LogP contribution in [0.2, 0.25) is 5.02 Å². The highest BCUT2D eigenvalue weighted by atomic mass is 35.5. The van der Waals surface area contributed by atoms with Gasteiger partial charge in [-0.1, -0.05) is 41.9 Å². The first-order chi connectivity index (χ1) is 19.8. The molecule has 0 aliphatic carbocycles. The number of nitrogens with two attached hydrogens (primary N) is 1. The van der Waals surface area contributed by atoms with E-state index >= 15 is 0 Å². The van der Waals surface area contributed by atoms with Gasteiger partial charge in [0.2, 0.25) is 11.8 Å². The smallest absolute Gasteiger partial charge is 0.445 e. The topological polar surface area (TPSA) is 122 Å². The lowest BCUT2D eigenvalue weighted by atomic mass is 9.98. The zero-order valence-corrected chi connectivity index (χ0v) is 23.5. The lowest BCUT2D eigenvalue weighted by molar-refractivity contribution is -0.206. The van der Waals surface area contributed by atoms with Crippen LogP contribution in [0.5, 0.6) is 0 Å². The highest BCUT2D eigenvalue weighted by Gasteiger charge is 2.45. The van der Waals surface area contributed by atoms with Crippen LogP contribution in [0.15, 0.2) is 48.5 Å². The van der Waals surface area contributed by atoms with Gasteiger partial charge in [-0.2, -0.15) is 13.2 Å². The van der Waals surface area contributed by atoms with Crippen molar-refractivity contribution in [3.05, 3.63) is 70.5 Å². The first kappa shape index (κ1) is 32.8. The number of carbonyl (C=O) groups is 4. The van der Waals surface area contributed by atoms with Gasteiger partial charge in [0.05, 0.1) is 6.04 Å². The van der Waals surface area contributed by atoms with Crippen molar-refractivity contribution in [3.8, 4) is 0 Å². The minimum atomic E-state index is -5.36. The maximum absolute atomic E-state index is 13.7. The number of nitrogens with one attached hydrogen (secondary N) is 1. The molecule has 0 aromatic heterocycles. The highest BCUT2D eigenvalue weighted by Crippen LogP contribution is 2.25. The Bertz CT molecular complexity index is 1280. The molecule has 0 radical (unpaired) electrons. The largest absolute Gasteiger partial charge is 0.490 e. The minimum Gasteiger partial charge on any atom is -0.445 e. The average molecular weight is 615 g/mol. The third-order valence-electron chi connectivity index (χ3n) is 6.97. The van der Waals surface area contributed by atoms with E-state index in [9.17, 15) is 36.7 Å². The van der Waals surface area contributed by atoms with Gasteiger partial charge in [0.15, 0.2) is 6.10 Å². The number of ether oxygens (including phenoxy) is 1. The van der Waals surface area contributed by atoms with Gasteiger partial charge in [-0.05, 0) is 42.2 Å². The summed E-state index contributed by atoms with van der Waals surface area (Å²) in [6.07, 6.45) is -7.57. The standard InChI is InChI=1S/C28H31ClF4N4O5/c1-35-25(39)22(15-18-4-2-3-5-21(18)29)36-12-13-37(20(16-36)10-11-24(34)38)26(40)23(42-27(41)28(31,32)33)14-17-6-8-19(30)9-7-17/h2-9,20,22-23H,10-16H2,1H3,(H2,34,38)(H,35,39). The number of esters is 1. The third kappa shape index (κ3) is 8.89. The van der Waals surface area contributed by atoms with Crippen molar-refractivity contribution in [1.82, 2.24) is 15.1 Å². The third-order valence-corrected chi connectivity index (χ3v) is 7.34. The summed E-state index contributed by atoms with van der Waals surface area (Å²) in [5.74, 6) is -5.05. The van der Waals surface area contributed by atoms with E-state index in [1.807, 2.05) is 0 Å². The average Bonchev–Trinajstić information content (AvgIpc) is 2.95. The van der Waals surface area contributed by atoms with Crippen LogP contribution in [0.4, 0.5) is 17.6 Å². The van der Waals surface area contributed by atoms with E-state index in [0.717, 1.165) is 12.1 Å². The predicted octanol–water partition coefficient (Wildman–Crippen LogP) is 2.63. The number of carbonyl (C=O) groups excluding carboxylic acids is 4. The van der Waals surface area contributed by atoms with Crippen molar-refractivity contribution in [3.63, 3.8) is 0 Å². The van der Waals surface area contributed by atoms with Gasteiger partial charge >= 0.3 is 12.1 Å². The monoisotopic (exact) mass is 614 g/mol. The summed E-state index contributed by atoms with van der Waals surface area (Å²) in [6.45, 7) is 0.150. The fourth-order valence-electron chi connectivity index (χ4n) is 4.83. The van der Waals surface area contributed by atoms with Gasteiger partial charge in [0, 0.05) is 50.6 Å². The quantitative estimate of drug-likeness (QED) is 0.297. The molecule has 3 amide bonds. The molecule has 3 N–H and O–H groups in total. The molecule has 0 bridgehead atoms. The van der Waals surface area contributed by atoms with Crippen LogP contribution in [-0.2, 0) is 36.8 Å². The number of piperazine rings is 1. The molecule has 42 heavy (non-hydrogen) atoms. The summed E-state index contributed by atoms with van der Waals surface area (Å²) in [4.78, 5) is 53.0. The number of hydrogen-bond donors (Lipinski definition) is 2. The molecule has 1 aliphatic heterocycles. The first-order valence-corrected chi connectivity index (χ1v) is 13.5. The molecule has 1 fully saturated rings. The van der Waals surface area contributed by atoms with E-state index in [0.29, 0.717) is 10.6 Å². The maximum Gasteiger partial charge on any atom is 0.490 e. The van der Waals surface area contributed by atoms with Gasteiger partial charge in [0.25, 0.3) is 5.91 Å². The molecule has 3 unspecified atom stereocenters. The van der Waals surface area contributed by atoms with Gasteiger partial charge < -0.3 is 20.7 Å². The highest BCUT2D eigenvalue weighted by molar-refractivity contribution is 6.31. The fraction of sp³-hybridized carbons (Fsp3) is 0.429. The molecule has 1 saturated heterocycles. The van der Waals surface area contributed by atoms with E-state index in [1.54, 1.807) is 29.2 Å². The van der Waals surface area contributed by atoms with Crippen LogP contribution in [0, 0.1) is 5.82 Å². The SMILES string of the molecule is CNC(=O)C(Cc1ccccc1Cl)N1CCN(C(=O)C(Cc2ccc(F)cc2)OC(=O)C(F)(F)F)C(CCC(N)=O)C1. The van der Waals surface area contributed by atoms with Crippen molar-refractivity contribution in [1.29, 1.82) is 0 Å². The van der Waals surface area contributed by atoms with Gasteiger partial charge in [-0.3, -0.25) is 19.3 Å². The molecule has 2 aromatic carbocycles. The Kier molecular flexibility index (Phi) is 11.3. The molecule has 0 saturated carbocycles. The molecule has 1 aliphatic rings. The van der Waals surface area contributed by atoms with Crippen molar-refractivity contribution < 1.29 is 41.5 Å². The van der Waals surface area contributed by atoms with Gasteiger partial charge in [-0.25, -0.2) is 9.18 Å². The second kappa shape index (κ2) is 14.5. The van der Waals surface area contributed by atoms with Crippen molar-refractivity contribution in [2.45, 2.75) is 50.0 Å². The van der Waals surface area contributed by atoms with E-state index in [2.05, 4.69) is 10.1 Å². The summed E-state index contributed by atoms with van der Waals surface area (Å²) < 4.78 is 57.3. The van der Waals surface area contributed by atoms with Crippen LogP contribution in [0.25, 0.3) is 0 Å². The Balaban J connectivity index is 1.89. The Morgan fingerprint density at radius 1 is 1.07 bits per heavy atom. The first-order valence-electron chi connectivity index (χ1n) is 13.1. The maximum atomic E-state index is 13.7. The van der Waals surface area contributed by atoms with E-state index in [4.69, 9.17) is 17.3 Å². The van der Waals surface area contributed by atoms with Crippen molar-refractivity contribution >= 4 is 35.3 Å². The Morgan fingerprint density at radius 3 is 2.33 bits per heavy atom. The number of rotatable bonds is 11. The van der Waals surface area contributed by atoms with Crippen LogP contribution in [0.3, 0.4) is 0 Å². The zero-order chi connectivity index (χ0) is 31.0. The summed E-state index contributed by atoms with van der Waals surface area (Å²) in [6, 6.07) is 10.2. The van der Waals surface area contributed by atoms with Crippen LogP contribution >= 0.6 is 11.6 Å². The van der Waals surface area contributed by atoms with Crippen molar-refractivity contribution in [2.75, 3.05) is 26.7 Å². The molecule has 3 atom stereocenters. The van der Waals surface area contributed by atoms with E-state index < -0.39 is 54.4 Å². The number of benzene rings is 2. The predicted molar refractivity (Wildman–Crippen MR) is 145 cm³/mol. The number of amides is 3. The number of halogens is 5. The summed E-state index contributed by atoms with van der Waals surface area (Å²) in [7, 11) is 1.47. The van der Waals surface area contributed by atoms with Gasteiger partial charge in [-0.15, -0.1) is 0 Å². The molecular weight excluding hydrogens is 584 g/mol. The van der Waals surface area contributed by atoms with Gasteiger partial charge in [0.1, 0.15) is 5.82 Å². The lowest BCUT2D eigenvalue weighted by Crippen LogP contribution is -2.62. The molecule has 9 nitrogen and oxygen atoms in total. The molecule has 228 valence electrons. The molecule has 1 heterocycles. The van der Waals surface area contributed by atoms with E-state index in [-0.39, 0.29) is 50.4 Å². The number of hydrogen-bond acceptors (Lipinski definition) is 6. The molecular formula is C28H31ClF4N4O5. The Hall–Kier alpha value is -3.71. The van der Waals surface area contributed by atoms with Crippen LogP contribution in [-0.4, -0.2) is 84.5 Å². The summed E-state index contributed by atoms with van der Waals surface area (Å²) in [5, 5.41) is 3.08. The number of likely N-dealkylation sites (N-methyl/N-ethyl adjacent to an activating group) is 1. The second-order valence-electron chi connectivity index (χ2n) is 9.83. The minimum absolute atomic E-state index is 0.0423. The summed E-state index contributed by atoms with van der Waals surface area (Å²) >= 11 is 6.32. The zero-order valence-electron chi connectivity index (χ0n) is 22.7. The van der Waals surface area contributed by atoms with Crippen LogP contribution < -0.4 is 11.1 Å². The second-order valence-corrected chi connectivity index (χ2v) is 10.2. The summed E-state index contributed by atoms with van der Waals surface area (Å²) in [5.41, 5.74) is 6.31. The fourth-order valence-corrected chi connectivity index (χ4v) is 5.04. The van der Waals surface area contributed by atoms with Crippen molar-refractivity contribution in [2.24, 2.45) is 5.73 Å². The molecule has 14 heteroatoms. The number of primary amides is 1.